The van der Waals surface area contributed by atoms with Crippen molar-refractivity contribution < 1.29 is 40.9 Å². The Morgan fingerprint density at radius 3 is 1.97 bits per heavy atom. The highest BCUT2D eigenvalue weighted by molar-refractivity contribution is 5.66. The average molecular weight is 537 g/mol. The summed E-state index contributed by atoms with van der Waals surface area (Å²) in [6, 6.07) is 7.71. The summed E-state index contributed by atoms with van der Waals surface area (Å²) in [6.07, 6.45) is 0.680. The van der Waals surface area contributed by atoms with Gasteiger partial charge in [0.2, 0.25) is 5.82 Å². The van der Waals surface area contributed by atoms with E-state index in [1.807, 2.05) is 0 Å². The molecule has 38 heavy (non-hydrogen) atoms. The molecule has 0 spiro atoms. The minimum atomic E-state index is -1.35. The number of aliphatic hydroxyl groups is 1. The Labute approximate surface area is 216 Å². The summed E-state index contributed by atoms with van der Waals surface area (Å²) in [5.74, 6) is -7.64. The van der Waals surface area contributed by atoms with Crippen molar-refractivity contribution in [3.8, 4) is 16.9 Å². The van der Waals surface area contributed by atoms with Gasteiger partial charge in [0.25, 0.3) is 0 Å². The van der Waals surface area contributed by atoms with Crippen LogP contribution in [0.5, 0.6) is 5.75 Å². The molecule has 2 fully saturated rings. The van der Waals surface area contributed by atoms with Gasteiger partial charge in [-0.1, -0.05) is 24.3 Å². The van der Waals surface area contributed by atoms with E-state index in [1.54, 1.807) is 0 Å². The van der Waals surface area contributed by atoms with Crippen LogP contribution < -0.4 is 4.74 Å². The van der Waals surface area contributed by atoms with Crippen molar-refractivity contribution in [2.24, 2.45) is 5.92 Å². The standard InChI is InChI=1S/C29H26F6O3/c1-14(36)17-6-7-18(25(31)24(17)30)16-4-2-15(3-5-16)12-37-22-11-10-20(27(33)29(22)35)19-8-9-21(23-13-38-23)28(34)26(19)32/h6-11,14-16,23,36H,2-5,12-13H2,1H3. The van der Waals surface area contributed by atoms with Crippen molar-refractivity contribution in [1.82, 2.24) is 0 Å². The molecule has 1 saturated carbocycles. The molecule has 3 aromatic rings. The Kier molecular flexibility index (Phi) is 7.42. The van der Waals surface area contributed by atoms with Gasteiger partial charge in [0.1, 0.15) is 6.10 Å². The smallest absolute Gasteiger partial charge is 0.201 e. The van der Waals surface area contributed by atoms with Crippen LogP contribution >= 0.6 is 0 Å². The molecule has 1 aliphatic heterocycles. The van der Waals surface area contributed by atoms with E-state index >= 15 is 0 Å². The third kappa shape index (κ3) is 5.01. The molecule has 9 heteroatoms. The molecule has 2 aliphatic rings. The molecule has 3 aromatic carbocycles. The lowest BCUT2D eigenvalue weighted by atomic mass is 9.78. The number of aliphatic hydroxyl groups excluding tert-OH is 1. The highest BCUT2D eigenvalue weighted by Gasteiger charge is 2.31. The SMILES string of the molecule is CC(O)c1ccc(C2CCC(COc3ccc(-c4ccc(C5CO5)c(F)c4F)c(F)c3F)CC2)c(F)c1F. The largest absolute Gasteiger partial charge is 0.490 e. The van der Waals surface area contributed by atoms with Gasteiger partial charge >= 0.3 is 0 Å². The highest BCUT2D eigenvalue weighted by atomic mass is 19.2. The highest BCUT2D eigenvalue weighted by Crippen LogP contribution is 2.40. The molecule has 0 radical (unpaired) electrons. The second kappa shape index (κ2) is 10.6. The van der Waals surface area contributed by atoms with Crippen LogP contribution in [0, 0.1) is 40.8 Å². The first-order chi connectivity index (χ1) is 18.2. The van der Waals surface area contributed by atoms with Gasteiger partial charge in [0.05, 0.1) is 19.3 Å². The van der Waals surface area contributed by atoms with Crippen LogP contribution in [-0.4, -0.2) is 18.3 Å². The number of epoxide rings is 1. The molecule has 5 rings (SSSR count). The second-order valence-electron chi connectivity index (χ2n) is 9.97. The molecule has 2 unspecified atom stereocenters. The zero-order valence-electron chi connectivity index (χ0n) is 20.5. The van der Waals surface area contributed by atoms with Gasteiger partial charge in [-0.3, -0.25) is 0 Å². The Bertz CT molecular complexity index is 1350. The lowest BCUT2D eigenvalue weighted by Crippen LogP contribution is -2.20. The van der Waals surface area contributed by atoms with E-state index in [1.165, 1.54) is 37.3 Å². The third-order valence-electron chi connectivity index (χ3n) is 7.48. The lowest BCUT2D eigenvalue weighted by molar-refractivity contribution is 0.189. The quantitative estimate of drug-likeness (QED) is 0.249. The van der Waals surface area contributed by atoms with Crippen LogP contribution in [0.2, 0.25) is 0 Å². The third-order valence-corrected chi connectivity index (χ3v) is 7.48. The maximum absolute atomic E-state index is 14.8. The summed E-state index contributed by atoms with van der Waals surface area (Å²) in [5, 5.41) is 9.57. The first-order valence-electron chi connectivity index (χ1n) is 12.5. The number of halogens is 6. The molecule has 0 bridgehead atoms. The van der Waals surface area contributed by atoms with E-state index in [2.05, 4.69) is 0 Å². The molecule has 1 saturated heterocycles. The maximum atomic E-state index is 14.8. The van der Waals surface area contributed by atoms with Crippen molar-refractivity contribution in [2.45, 2.75) is 50.7 Å². The number of hydrogen-bond acceptors (Lipinski definition) is 3. The van der Waals surface area contributed by atoms with Crippen molar-refractivity contribution >= 4 is 0 Å². The number of rotatable bonds is 7. The van der Waals surface area contributed by atoms with Crippen LogP contribution in [0.1, 0.15) is 67.4 Å². The number of benzene rings is 3. The zero-order valence-corrected chi connectivity index (χ0v) is 20.5. The van der Waals surface area contributed by atoms with Crippen LogP contribution in [0.3, 0.4) is 0 Å². The van der Waals surface area contributed by atoms with Crippen molar-refractivity contribution in [2.75, 3.05) is 13.2 Å². The molecular formula is C29H26F6O3. The first-order valence-corrected chi connectivity index (χ1v) is 12.5. The van der Waals surface area contributed by atoms with Crippen LogP contribution in [0.25, 0.3) is 11.1 Å². The predicted molar refractivity (Wildman–Crippen MR) is 128 cm³/mol. The summed E-state index contributed by atoms with van der Waals surface area (Å²) in [5.41, 5.74) is -0.627. The molecule has 1 heterocycles. The first kappa shape index (κ1) is 26.6. The minimum absolute atomic E-state index is 0.0123. The van der Waals surface area contributed by atoms with Gasteiger partial charge in [-0.25, -0.2) is 22.0 Å². The molecule has 2 atom stereocenters. The van der Waals surface area contributed by atoms with E-state index in [0.29, 0.717) is 25.7 Å². The van der Waals surface area contributed by atoms with Gasteiger partial charge < -0.3 is 14.6 Å². The van der Waals surface area contributed by atoms with Crippen molar-refractivity contribution in [3.63, 3.8) is 0 Å². The summed E-state index contributed by atoms with van der Waals surface area (Å²) < 4.78 is 97.9. The Morgan fingerprint density at radius 2 is 1.34 bits per heavy atom. The molecule has 0 aromatic heterocycles. The van der Waals surface area contributed by atoms with Crippen molar-refractivity contribution in [1.29, 1.82) is 0 Å². The average Bonchev–Trinajstić information content (AvgIpc) is 3.74. The molecule has 0 amide bonds. The number of hydrogen-bond donors (Lipinski definition) is 1. The maximum Gasteiger partial charge on any atom is 0.201 e. The van der Waals surface area contributed by atoms with Gasteiger partial charge in [-0.15, -0.1) is 0 Å². The van der Waals surface area contributed by atoms with E-state index in [0.717, 1.165) is 6.07 Å². The van der Waals surface area contributed by atoms with Gasteiger partial charge in [0.15, 0.2) is 34.8 Å². The topological polar surface area (TPSA) is 42.0 Å². The van der Waals surface area contributed by atoms with Crippen molar-refractivity contribution in [3.05, 3.63) is 88.0 Å². The molecular weight excluding hydrogens is 510 g/mol. The number of ether oxygens (including phenoxy) is 2. The fourth-order valence-electron chi connectivity index (χ4n) is 5.17. The molecule has 3 nitrogen and oxygen atoms in total. The lowest BCUT2D eigenvalue weighted by Gasteiger charge is -2.29. The minimum Gasteiger partial charge on any atom is -0.490 e. The van der Waals surface area contributed by atoms with E-state index < -0.39 is 58.2 Å². The Morgan fingerprint density at radius 1 is 0.763 bits per heavy atom. The molecule has 1 N–H and O–H groups in total. The fourth-order valence-corrected chi connectivity index (χ4v) is 5.17. The fraction of sp³-hybridized carbons (Fsp3) is 0.379. The van der Waals surface area contributed by atoms with Gasteiger partial charge in [0, 0.05) is 22.3 Å². The van der Waals surface area contributed by atoms with Gasteiger partial charge in [-0.05, 0) is 62.1 Å². The zero-order chi connectivity index (χ0) is 27.1. The van der Waals surface area contributed by atoms with Crippen LogP contribution in [0.4, 0.5) is 26.3 Å². The van der Waals surface area contributed by atoms with E-state index in [-0.39, 0.29) is 47.5 Å². The van der Waals surface area contributed by atoms with Crippen LogP contribution in [0.15, 0.2) is 36.4 Å². The van der Waals surface area contributed by atoms with Crippen LogP contribution in [-0.2, 0) is 4.74 Å². The predicted octanol–water partition coefficient (Wildman–Crippen LogP) is 7.67. The van der Waals surface area contributed by atoms with E-state index in [9.17, 15) is 31.4 Å². The Hall–Kier alpha value is -3.04. The summed E-state index contributed by atoms with van der Waals surface area (Å²) in [7, 11) is 0. The summed E-state index contributed by atoms with van der Waals surface area (Å²) in [4.78, 5) is 0. The Balaban J connectivity index is 1.22. The second-order valence-corrected chi connectivity index (χ2v) is 9.97. The molecule has 202 valence electrons. The van der Waals surface area contributed by atoms with Gasteiger partial charge in [-0.2, -0.15) is 4.39 Å². The summed E-state index contributed by atoms with van der Waals surface area (Å²) in [6.45, 7) is 1.73. The summed E-state index contributed by atoms with van der Waals surface area (Å²) >= 11 is 0. The molecule has 1 aliphatic carbocycles. The normalized spacial score (nSPS) is 21.8. The monoisotopic (exact) mass is 536 g/mol. The van der Waals surface area contributed by atoms with E-state index in [4.69, 9.17) is 9.47 Å².